The van der Waals surface area contributed by atoms with Crippen molar-refractivity contribution in [2.24, 2.45) is 0 Å². The maximum absolute atomic E-state index is 14.0. The fourth-order valence-electron chi connectivity index (χ4n) is 1.70. The van der Waals surface area contributed by atoms with E-state index in [4.69, 9.17) is 10.00 Å². The zero-order chi connectivity index (χ0) is 14.7. The maximum Gasteiger partial charge on any atom is 0.167 e. The smallest absolute Gasteiger partial charge is 0.167 e. The average molecular weight is 285 g/mol. The van der Waals surface area contributed by atoms with Crippen LogP contribution in [-0.4, -0.2) is 30.4 Å². The lowest BCUT2D eigenvalue weighted by atomic mass is 10.2. The predicted octanol–water partition coefficient (Wildman–Crippen LogP) is 0.975. The van der Waals surface area contributed by atoms with Crippen molar-refractivity contribution in [3.8, 4) is 17.5 Å². The van der Waals surface area contributed by atoms with Crippen molar-refractivity contribution < 1.29 is 9.13 Å². The van der Waals surface area contributed by atoms with Crippen molar-refractivity contribution in [2.45, 2.75) is 6.61 Å². The first-order chi connectivity index (χ1) is 10.3. The summed E-state index contributed by atoms with van der Waals surface area (Å²) in [6.45, 7) is 0.0422. The van der Waals surface area contributed by atoms with E-state index in [2.05, 4.69) is 25.7 Å². The third kappa shape index (κ3) is 2.55. The fraction of sp³-hybridized carbons (Fsp3) is 0.0833. The van der Waals surface area contributed by atoms with Crippen molar-refractivity contribution in [3.05, 3.63) is 47.8 Å². The zero-order valence-corrected chi connectivity index (χ0v) is 10.6. The molecule has 8 nitrogen and oxygen atoms in total. The number of hydrogen-bond acceptors (Lipinski definition) is 6. The van der Waals surface area contributed by atoms with Gasteiger partial charge in [0, 0.05) is 11.6 Å². The van der Waals surface area contributed by atoms with Crippen LogP contribution in [0, 0.1) is 17.1 Å². The van der Waals surface area contributed by atoms with E-state index in [0.29, 0.717) is 16.9 Å². The number of nitrogens with one attached hydrogen (secondary N) is 1. The number of tetrazole rings is 1. The Kier molecular flexibility index (Phi) is 3.26. The molecule has 0 aliphatic rings. The SMILES string of the molecule is N#Cc1[nH]ncc1COc1ccc(-n2cnnn2)cc1F. The molecule has 21 heavy (non-hydrogen) atoms. The summed E-state index contributed by atoms with van der Waals surface area (Å²) >= 11 is 0. The van der Waals surface area contributed by atoms with Crippen LogP contribution in [0.5, 0.6) is 5.75 Å². The zero-order valence-electron chi connectivity index (χ0n) is 10.6. The second kappa shape index (κ2) is 5.38. The molecule has 3 rings (SSSR count). The van der Waals surface area contributed by atoms with E-state index in [9.17, 15) is 4.39 Å². The van der Waals surface area contributed by atoms with Gasteiger partial charge in [-0.3, -0.25) is 5.10 Å². The highest BCUT2D eigenvalue weighted by Crippen LogP contribution is 2.21. The van der Waals surface area contributed by atoms with E-state index in [1.165, 1.54) is 29.3 Å². The van der Waals surface area contributed by atoms with Crippen LogP contribution in [0.4, 0.5) is 4.39 Å². The maximum atomic E-state index is 14.0. The van der Waals surface area contributed by atoms with Crippen molar-refractivity contribution in [2.75, 3.05) is 0 Å². The molecular weight excluding hydrogens is 277 g/mol. The van der Waals surface area contributed by atoms with Crippen LogP contribution in [0.2, 0.25) is 0 Å². The van der Waals surface area contributed by atoms with E-state index in [0.717, 1.165) is 0 Å². The largest absolute Gasteiger partial charge is 0.486 e. The van der Waals surface area contributed by atoms with Gasteiger partial charge < -0.3 is 4.74 Å². The van der Waals surface area contributed by atoms with Crippen LogP contribution >= 0.6 is 0 Å². The van der Waals surface area contributed by atoms with Gasteiger partial charge in [-0.15, -0.1) is 5.10 Å². The molecule has 0 saturated heterocycles. The van der Waals surface area contributed by atoms with Crippen LogP contribution in [0.15, 0.2) is 30.7 Å². The van der Waals surface area contributed by atoms with E-state index in [1.807, 2.05) is 6.07 Å². The number of nitrogens with zero attached hydrogens (tertiary/aromatic N) is 6. The van der Waals surface area contributed by atoms with Gasteiger partial charge in [-0.2, -0.15) is 10.4 Å². The first-order valence-electron chi connectivity index (χ1n) is 5.86. The number of rotatable bonds is 4. The van der Waals surface area contributed by atoms with Gasteiger partial charge in [0.25, 0.3) is 0 Å². The lowest BCUT2D eigenvalue weighted by molar-refractivity contribution is 0.290. The van der Waals surface area contributed by atoms with Crippen molar-refractivity contribution in [3.63, 3.8) is 0 Å². The molecule has 0 fully saturated rings. The molecule has 0 saturated carbocycles. The first kappa shape index (κ1) is 12.7. The number of nitriles is 1. The van der Waals surface area contributed by atoms with Gasteiger partial charge in [0.2, 0.25) is 0 Å². The summed E-state index contributed by atoms with van der Waals surface area (Å²) in [5, 5.41) is 25.7. The quantitative estimate of drug-likeness (QED) is 0.765. The molecule has 2 aromatic heterocycles. The number of benzene rings is 1. The Hall–Kier alpha value is -3.28. The summed E-state index contributed by atoms with van der Waals surface area (Å²) in [6.07, 6.45) is 2.83. The number of aromatic amines is 1. The molecule has 0 aliphatic heterocycles. The minimum atomic E-state index is -0.551. The Morgan fingerprint density at radius 3 is 3.05 bits per heavy atom. The third-order valence-corrected chi connectivity index (χ3v) is 2.74. The van der Waals surface area contributed by atoms with Gasteiger partial charge in [0.15, 0.2) is 11.6 Å². The molecule has 0 amide bonds. The summed E-state index contributed by atoms with van der Waals surface area (Å²) in [6, 6.07) is 6.28. The molecule has 1 N–H and O–H groups in total. The Balaban J connectivity index is 1.76. The normalized spacial score (nSPS) is 10.3. The second-order valence-corrected chi connectivity index (χ2v) is 4.04. The molecule has 1 aromatic carbocycles. The Bertz CT molecular complexity index is 790. The molecule has 0 radical (unpaired) electrons. The van der Waals surface area contributed by atoms with E-state index >= 15 is 0 Å². The highest BCUT2D eigenvalue weighted by atomic mass is 19.1. The first-order valence-corrected chi connectivity index (χ1v) is 5.86. The van der Waals surface area contributed by atoms with Crippen LogP contribution in [0.3, 0.4) is 0 Å². The standard InChI is InChI=1S/C12H8FN7O/c13-10-3-9(20-7-16-18-19-20)1-2-12(10)21-6-8-5-15-17-11(8)4-14/h1-3,5,7H,6H2,(H,15,17). The van der Waals surface area contributed by atoms with E-state index < -0.39 is 5.82 Å². The minimum Gasteiger partial charge on any atom is -0.486 e. The Labute approximate surface area is 117 Å². The number of aromatic nitrogens is 6. The lowest BCUT2D eigenvalue weighted by Crippen LogP contribution is -2.00. The summed E-state index contributed by atoms with van der Waals surface area (Å²) < 4.78 is 20.6. The Morgan fingerprint density at radius 1 is 1.43 bits per heavy atom. The average Bonchev–Trinajstić information content (AvgIpc) is 3.17. The number of ether oxygens (including phenoxy) is 1. The summed E-state index contributed by atoms with van der Waals surface area (Å²) in [7, 11) is 0. The van der Waals surface area contributed by atoms with Crippen LogP contribution in [-0.2, 0) is 6.61 Å². The van der Waals surface area contributed by atoms with Crippen molar-refractivity contribution >= 4 is 0 Å². The summed E-state index contributed by atoms with van der Waals surface area (Å²) in [5.41, 5.74) is 1.33. The molecule has 2 heterocycles. The monoisotopic (exact) mass is 285 g/mol. The molecule has 0 bridgehead atoms. The fourth-order valence-corrected chi connectivity index (χ4v) is 1.70. The topological polar surface area (TPSA) is 105 Å². The van der Waals surface area contributed by atoms with Crippen LogP contribution in [0.1, 0.15) is 11.3 Å². The highest BCUT2D eigenvalue weighted by molar-refractivity contribution is 5.38. The van der Waals surface area contributed by atoms with Gasteiger partial charge in [0.05, 0.1) is 11.9 Å². The van der Waals surface area contributed by atoms with Crippen molar-refractivity contribution in [1.82, 2.24) is 30.4 Å². The molecule has 0 spiro atoms. The van der Waals surface area contributed by atoms with Crippen LogP contribution in [0.25, 0.3) is 5.69 Å². The number of H-pyrrole nitrogens is 1. The number of halogens is 1. The molecule has 0 atom stereocenters. The summed E-state index contributed by atoms with van der Waals surface area (Å²) in [5.74, 6) is -0.484. The van der Waals surface area contributed by atoms with Gasteiger partial charge in [-0.1, -0.05) is 0 Å². The molecule has 104 valence electrons. The molecule has 0 unspecified atom stereocenters. The minimum absolute atomic E-state index is 0.0422. The molecular formula is C12H8FN7O. The molecule has 9 heteroatoms. The summed E-state index contributed by atoms with van der Waals surface area (Å²) in [4.78, 5) is 0. The Morgan fingerprint density at radius 2 is 2.33 bits per heavy atom. The molecule has 3 aromatic rings. The number of hydrogen-bond donors (Lipinski definition) is 1. The lowest BCUT2D eigenvalue weighted by Gasteiger charge is -2.07. The van der Waals surface area contributed by atoms with E-state index in [1.54, 1.807) is 6.07 Å². The van der Waals surface area contributed by atoms with Crippen LogP contribution < -0.4 is 4.74 Å². The second-order valence-electron chi connectivity index (χ2n) is 4.04. The van der Waals surface area contributed by atoms with Gasteiger partial charge in [-0.25, -0.2) is 9.07 Å². The van der Waals surface area contributed by atoms with Gasteiger partial charge >= 0.3 is 0 Å². The highest BCUT2D eigenvalue weighted by Gasteiger charge is 2.09. The third-order valence-electron chi connectivity index (χ3n) is 2.74. The van der Waals surface area contributed by atoms with E-state index in [-0.39, 0.29) is 12.4 Å². The van der Waals surface area contributed by atoms with Crippen molar-refractivity contribution in [1.29, 1.82) is 5.26 Å². The van der Waals surface area contributed by atoms with Gasteiger partial charge in [-0.05, 0) is 22.6 Å². The predicted molar refractivity (Wildman–Crippen MR) is 66.7 cm³/mol. The van der Waals surface area contributed by atoms with Gasteiger partial charge in [0.1, 0.15) is 24.7 Å². The molecule has 0 aliphatic carbocycles.